The topological polar surface area (TPSA) is 84.5 Å². The van der Waals surface area contributed by atoms with Crippen LogP contribution < -0.4 is 9.64 Å². The van der Waals surface area contributed by atoms with Crippen molar-refractivity contribution >= 4 is 17.6 Å². The second kappa shape index (κ2) is 9.70. The number of benzene rings is 3. The molecule has 1 aliphatic heterocycles. The summed E-state index contributed by atoms with van der Waals surface area (Å²) in [6.07, 6.45) is 0. The zero-order valence-corrected chi connectivity index (χ0v) is 20.4. The lowest BCUT2D eigenvalue weighted by molar-refractivity contribution is 0.0526. The van der Waals surface area contributed by atoms with Gasteiger partial charge in [0, 0.05) is 16.8 Å². The molecule has 0 spiro atoms. The van der Waals surface area contributed by atoms with Crippen molar-refractivity contribution in [3.63, 3.8) is 0 Å². The number of nitrogens with one attached hydrogen (secondary N) is 1. The summed E-state index contributed by atoms with van der Waals surface area (Å²) in [5.74, 6) is 0.214. The van der Waals surface area contributed by atoms with E-state index in [1.807, 2.05) is 62.4 Å². The number of amides is 1. The Morgan fingerprint density at radius 3 is 2.28 bits per heavy atom. The van der Waals surface area contributed by atoms with Crippen LogP contribution in [0.5, 0.6) is 5.75 Å². The summed E-state index contributed by atoms with van der Waals surface area (Å²) in [6.45, 7) is 6.64. The van der Waals surface area contributed by atoms with Crippen LogP contribution in [0.15, 0.2) is 72.8 Å². The monoisotopic (exact) mass is 481 g/mol. The van der Waals surface area contributed by atoms with E-state index in [1.165, 1.54) is 0 Å². The van der Waals surface area contributed by atoms with Gasteiger partial charge in [0.15, 0.2) is 0 Å². The van der Waals surface area contributed by atoms with Crippen LogP contribution in [0.4, 0.5) is 5.69 Å². The fraction of sp³-hybridized carbons (Fsp3) is 0.207. The first-order valence-electron chi connectivity index (χ1n) is 12.0. The normalized spacial score (nSPS) is 14.6. The number of nitrogens with zero attached hydrogens (tertiary/aromatic N) is 2. The number of hydrogen-bond acceptors (Lipinski definition) is 5. The Kier molecular flexibility index (Phi) is 6.29. The van der Waals surface area contributed by atoms with Gasteiger partial charge in [-0.2, -0.15) is 5.10 Å². The summed E-state index contributed by atoms with van der Waals surface area (Å²) in [5.41, 5.74) is 6.11. The van der Waals surface area contributed by atoms with E-state index in [4.69, 9.17) is 9.47 Å². The van der Waals surface area contributed by atoms with Crippen LogP contribution in [0.1, 0.15) is 57.4 Å². The molecule has 0 unspecified atom stereocenters. The Morgan fingerprint density at radius 1 is 0.944 bits per heavy atom. The van der Waals surface area contributed by atoms with Crippen molar-refractivity contribution in [1.82, 2.24) is 10.2 Å². The molecule has 1 amide bonds. The van der Waals surface area contributed by atoms with Crippen molar-refractivity contribution in [2.75, 3.05) is 18.1 Å². The fourth-order valence-corrected chi connectivity index (χ4v) is 4.55. The van der Waals surface area contributed by atoms with E-state index in [9.17, 15) is 9.59 Å². The summed E-state index contributed by atoms with van der Waals surface area (Å²) in [7, 11) is 0. The third-order valence-corrected chi connectivity index (χ3v) is 6.26. The second-order valence-corrected chi connectivity index (χ2v) is 8.57. The largest absolute Gasteiger partial charge is 0.494 e. The van der Waals surface area contributed by atoms with E-state index >= 15 is 0 Å². The molecule has 0 saturated heterocycles. The van der Waals surface area contributed by atoms with E-state index in [2.05, 4.69) is 10.2 Å². The molecule has 0 bridgehead atoms. The predicted molar refractivity (Wildman–Crippen MR) is 137 cm³/mol. The minimum absolute atomic E-state index is 0.177. The number of rotatable bonds is 7. The number of H-pyrrole nitrogens is 1. The third kappa shape index (κ3) is 4.13. The van der Waals surface area contributed by atoms with Gasteiger partial charge in [-0.1, -0.05) is 29.8 Å². The van der Waals surface area contributed by atoms with Crippen LogP contribution in [0, 0.1) is 6.92 Å². The Morgan fingerprint density at radius 2 is 1.64 bits per heavy atom. The fourth-order valence-electron chi connectivity index (χ4n) is 4.55. The van der Waals surface area contributed by atoms with Crippen molar-refractivity contribution in [2.45, 2.75) is 26.8 Å². The minimum Gasteiger partial charge on any atom is -0.494 e. The number of aromatic amines is 1. The quantitative estimate of drug-likeness (QED) is 0.342. The first-order valence-corrected chi connectivity index (χ1v) is 12.0. The molecule has 0 aliphatic carbocycles. The van der Waals surface area contributed by atoms with Gasteiger partial charge in [0.1, 0.15) is 11.4 Å². The standard InChI is InChI=1S/C29H27N3O4/c1-4-35-23-16-12-19(13-17-23)25-24-26(31-30-25)28(33)32(27(24)20-8-6-18(3)7-9-20)22-14-10-21(11-15-22)29(34)36-5-2/h6-17,27H,4-5H2,1-3H3,(H,30,31)/t27-/m1/s1. The van der Waals surface area contributed by atoms with Crippen molar-refractivity contribution < 1.29 is 19.1 Å². The van der Waals surface area contributed by atoms with Crippen LogP contribution in [0.25, 0.3) is 11.3 Å². The number of carbonyl (C=O) groups excluding carboxylic acids is 2. The molecule has 0 radical (unpaired) electrons. The van der Waals surface area contributed by atoms with Gasteiger partial charge >= 0.3 is 5.97 Å². The Labute approximate surface area is 209 Å². The SMILES string of the molecule is CCOC(=O)c1ccc(N2C(=O)c3[nH]nc(-c4ccc(OCC)cc4)c3[C@H]2c2ccc(C)cc2)cc1. The van der Waals surface area contributed by atoms with Gasteiger partial charge in [-0.15, -0.1) is 0 Å². The van der Waals surface area contributed by atoms with Gasteiger partial charge in [0.25, 0.3) is 5.91 Å². The van der Waals surface area contributed by atoms with Gasteiger partial charge in [0.2, 0.25) is 0 Å². The number of fused-ring (bicyclic) bond motifs is 1. The van der Waals surface area contributed by atoms with Gasteiger partial charge in [-0.05, 0) is 74.9 Å². The molecule has 7 heteroatoms. The molecule has 3 aromatic carbocycles. The molecular weight excluding hydrogens is 454 g/mol. The van der Waals surface area contributed by atoms with Gasteiger partial charge in [-0.3, -0.25) is 14.8 Å². The second-order valence-electron chi connectivity index (χ2n) is 8.57. The molecule has 0 saturated carbocycles. The molecule has 7 nitrogen and oxygen atoms in total. The zero-order valence-electron chi connectivity index (χ0n) is 20.4. The van der Waals surface area contributed by atoms with Crippen molar-refractivity contribution in [3.8, 4) is 17.0 Å². The Balaban J connectivity index is 1.60. The smallest absolute Gasteiger partial charge is 0.338 e. The molecule has 2 heterocycles. The number of esters is 1. The molecular formula is C29H27N3O4. The molecule has 0 fully saturated rings. The molecule has 1 atom stereocenters. The average molecular weight is 482 g/mol. The lowest BCUT2D eigenvalue weighted by Crippen LogP contribution is -2.29. The lowest BCUT2D eigenvalue weighted by atomic mass is 9.95. The van der Waals surface area contributed by atoms with E-state index in [0.717, 1.165) is 33.7 Å². The van der Waals surface area contributed by atoms with E-state index in [-0.39, 0.29) is 17.9 Å². The maximum absolute atomic E-state index is 13.7. The number of carbonyl (C=O) groups is 2. The minimum atomic E-state index is -0.390. The number of anilines is 1. The van der Waals surface area contributed by atoms with E-state index < -0.39 is 0 Å². The van der Waals surface area contributed by atoms with Gasteiger partial charge < -0.3 is 9.47 Å². The first-order chi connectivity index (χ1) is 17.5. The molecule has 182 valence electrons. The maximum Gasteiger partial charge on any atom is 0.338 e. The van der Waals surface area contributed by atoms with Crippen LogP contribution in [0.2, 0.25) is 0 Å². The molecule has 1 aromatic heterocycles. The molecule has 1 aliphatic rings. The van der Waals surface area contributed by atoms with E-state index in [0.29, 0.717) is 30.2 Å². The highest BCUT2D eigenvalue weighted by molar-refractivity contribution is 6.12. The molecule has 5 rings (SSSR count). The van der Waals surface area contributed by atoms with Crippen LogP contribution >= 0.6 is 0 Å². The predicted octanol–water partition coefficient (Wildman–Crippen LogP) is 5.71. The lowest BCUT2D eigenvalue weighted by Gasteiger charge is -2.26. The summed E-state index contributed by atoms with van der Waals surface area (Å²) in [6, 6.07) is 22.4. The molecule has 4 aromatic rings. The average Bonchev–Trinajstić information content (AvgIpc) is 3.44. The molecule has 36 heavy (non-hydrogen) atoms. The summed E-state index contributed by atoms with van der Waals surface area (Å²) in [5, 5.41) is 7.52. The number of hydrogen-bond donors (Lipinski definition) is 1. The summed E-state index contributed by atoms with van der Waals surface area (Å²) < 4.78 is 10.7. The first kappa shape index (κ1) is 23.4. The number of aryl methyl sites for hydroxylation is 1. The van der Waals surface area contributed by atoms with Gasteiger partial charge in [0.05, 0.1) is 30.5 Å². The highest BCUT2D eigenvalue weighted by Gasteiger charge is 2.43. The number of aromatic nitrogens is 2. The van der Waals surface area contributed by atoms with Crippen molar-refractivity contribution in [3.05, 3.63) is 101 Å². The third-order valence-electron chi connectivity index (χ3n) is 6.26. The van der Waals surface area contributed by atoms with Crippen LogP contribution in [-0.2, 0) is 4.74 Å². The van der Waals surface area contributed by atoms with Crippen LogP contribution in [-0.4, -0.2) is 35.3 Å². The zero-order chi connectivity index (χ0) is 25.2. The van der Waals surface area contributed by atoms with Crippen molar-refractivity contribution in [1.29, 1.82) is 0 Å². The van der Waals surface area contributed by atoms with Crippen molar-refractivity contribution in [2.24, 2.45) is 0 Å². The highest BCUT2D eigenvalue weighted by Crippen LogP contribution is 2.45. The maximum atomic E-state index is 13.7. The summed E-state index contributed by atoms with van der Waals surface area (Å²) >= 11 is 0. The molecule has 1 N–H and O–H groups in total. The Bertz CT molecular complexity index is 1390. The summed E-state index contributed by atoms with van der Waals surface area (Å²) in [4.78, 5) is 27.6. The number of ether oxygens (including phenoxy) is 2. The Hall–Kier alpha value is -4.39. The van der Waals surface area contributed by atoms with E-state index in [1.54, 1.807) is 36.1 Å². The van der Waals surface area contributed by atoms with Crippen LogP contribution in [0.3, 0.4) is 0 Å². The highest BCUT2D eigenvalue weighted by atomic mass is 16.5. The van der Waals surface area contributed by atoms with Gasteiger partial charge in [-0.25, -0.2) is 4.79 Å².